The average molecular weight is 370 g/mol. The lowest BCUT2D eigenvalue weighted by molar-refractivity contribution is 0.00305. The molecule has 3 rings (SSSR count). The summed E-state index contributed by atoms with van der Waals surface area (Å²) in [4.78, 5) is 21.9. The number of amides is 1. The normalized spacial score (nSPS) is 20.9. The molecule has 0 unspecified atom stereocenters. The van der Waals surface area contributed by atoms with Gasteiger partial charge >= 0.3 is 0 Å². The molecule has 5 nitrogen and oxygen atoms in total. The number of pyridine rings is 1. The van der Waals surface area contributed by atoms with E-state index in [1.165, 1.54) is 5.56 Å². The van der Waals surface area contributed by atoms with Gasteiger partial charge in [-0.15, -0.1) is 0 Å². The monoisotopic (exact) mass is 369 g/mol. The molecule has 1 fully saturated rings. The predicted octanol–water partition coefficient (Wildman–Crippen LogP) is 3.02. The van der Waals surface area contributed by atoms with Gasteiger partial charge in [0.15, 0.2) is 0 Å². The number of aliphatic hydroxyl groups is 1. The van der Waals surface area contributed by atoms with E-state index in [-0.39, 0.29) is 5.91 Å². The van der Waals surface area contributed by atoms with Crippen LogP contribution in [-0.4, -0.2) is 65.1 Å². The van der Waals surface area contributed by atoms with E-state index in [0.29, 0.717) is 26.1 Å². The highest BCUT2D eigenvalue weighted by Gasteiger charge is 2.32. The van der Waals surface area contributed by atoms with E-state index >= 15 is 0 Å². The third kappa shape index (κ3) is 4.47. The zero-order valence-corrected chi connectivity index (χ0v) is 17.0. The lowest BCUT2D eigenvalue weighted by atomic mass is 9.94. The van der Waals surface area contributed by atoms with Crippen molar-refractivity contribution in [3.8, 4) is 0 Å². The van der Waals surface area contributed by atoms with Crippen LogP contribution in [0, 0.1) is 6.92 Å². The van der Waals surface area contributed by atoms with Gasteiger partial charge in [0.05, 0.1) is 16.7 Å². The van der Waals surface area contributed by atoms with Crippen LogP contribution in [-0.2, 0) is 6.42 Å². The number of carbonyl (C=O) groups excluding carboxylic acids is 1. The summed E-state index contributed by atoms with van der Waals surface area (Å²) >= 11 is 0. The molecule has 5 heteroatoms. The Labute approximate surface area is 162 Å². The van der Waals surface area contributed by atoms with E-state index in [1.54, 1.807) is 0 Å². The van der Waals surface area contributed by atoms with Crippen molar-refractivity contribution in [3.05, 3.63) is 41.1 Å². The predicted molar refractivity (Wildman–Crippen MR) is 109 cm³/mol. The number of hydrogen-bond acceptors (Lipinski definition) is 4. The smallest absolute Gasteiger partial charge is 0.254 e. The maximum absolute atomic E-state index is 13.4. The maximum Gasteiger partial charge on any atom is 0.254 e. The van der Waals surface area contributed by atoms with Gasteiger partial charge in [0.2, 0.25) is 0 Å². The molecule has 1 N–H and O–H groups in total. The molecule has 1 aliphatic rings. The fraction of sp³-hybridized carbons (Fsp3) is 0.545. The molecule has 146 valence electrons. The van der Waals surface area contributed by atoms with Gasteiger partial charge in [-0.2, -0.15) is 0 Å². The van der Waals surface area contributed by atoms with Gasteiger partial charge in [0.1, 0.15) is 0 Å². The SMILES string of the molecule is CCc1ccc2nc(C)cc(C(=O)N3CCC[C@@](O)(CN(C)C)CC3)c2c1. The van der Waals surface area contributed by atoms with Crippen LogP contribution in [0.25, 0.3) is 10.9 Å². The minimum Gasteiger partial charge on any atom is -0.388 e. The molecule has 0 bridgehead atoms. The standard InChI is InChI=1S/C22H31N3O2/c1-5-17-7-8-20-18(14-17)19(13-16(2)23-20)21(26)25-11-6-9-22(27,10-12-25)15-24(3)4/h7-8,13-14,27H,5-6,9-12,15H2,1-4H3/t22-/m0/s1. The van der Waals surface area contributed by atoms with Crippen molar-refractivity contribution >= 4 is 16.8 Å². The van der Waals surface area contributed by atoms with E-state index < -0.39 is 5.60 Å². The first-order valence-corrected chi connectivity index (χ1v) is 9.88. The van der Waals surface area contributed by atoms with Crippen molar-refractivity contribution in [2.75, 3.05) is 33.7 Å². The Balaban J connectivity index is 1.89. The largest absolute Gasteiger partial charge is 0.388 e. The van der Waals surface area contributed by atoms with Crippen LogP contribution < -0.4 is 0 Å². The third-order valence-electron chi connectivity index (χ3n) is 5.45. The molecule has 0 saturated carbocycles. The second-order valence-corrected chi connectivity index (χ2v) is 8.12. The second kappa shape index (κ2) is 7.95. The Kier molecular flexibility index (Phi) is 5.82. The lowest BCUT2D eigenvalue weighted by Gasteiger charge is -2.30. The molecule has 2 heterocycles. The van der Waals surface area contributed by atoms with Crippen molar-refractivity contribution in [1.82, 2.24) is 14.8 Å². The van der Waals surface area contributed by atoms with E-state index in [9.17, 15) is 9.90 Å². The fourth-order valence-corrected chi connectivity index (χ4v) is 4.10. The zero-order chi connectivity index (χ0) is 19.6. The van der Waals surface area contributed by atoms with Gasteiger partial charge in [-0.05, 0) is 70.5 Å². The quantitative estimate of drug-likeness (QED) is 0.900. The highest BCUT2D eigenvalue weighted by atomic mass is 16.3. The van der Waals surface area contributed by atoms with E-state index in [1.807, 2.05) is 43.0 Å². The van der Waals surface area contributed by atoms with Gasteiger partial charge in [-0.3, -0.25) is 9.78 Å². The Morgan fingerprint density at radius 3 is 2.74 bits per heavy atom. The summed E-state index contributed by atoms with van der Waals surface area (Å²) < 4.78 is 0. The average Bonchev–Trinajstić information content (AvgIpc) is 2.81. The molecule has 1 aromatic heterocycles. The second-order valence-electron chi connectivity index (χ2n) is 8.12. The van der Waals surface area contributed by atoms with Gasteiger partial charge in [0.25, 0.3) is 5.91 Å². The Morgan fingerprint density at radius 1 is 1.26 bits per heavy atom. The molecule has 2 aromatic rings. The fourth-order valence-electron chi connectivity index (χ4n) is 4.10. The molecule has 0 spiro atoms. The van der Waals surface area contributed by atoms with Crippen LogP contribution in [0.5, 0.6) is 0 Å². The summed E-state index contributed by atoms with van der Waals surface area (Å²) in [5, 5.41) is 11.8. The van der Waals surface area contributed by atoms with Crippen LogP contribution >= 0.6 is 0 Å². The first-order valence-electron chi connectivity index (χ1n) is 9.88. The summed E-state index contributed by atoms with van der Waals surface area (Å²) in [6.07, 6.45) is 3.08. The number of nitrogens with zero attached hydrogens (tertiary/aromatic N) is 3. The maximum atomic E-state index is 13.4. The van der Waals surface area contributed by atoms with E-state index in [4.69, 9.17) is 0 Å². The number of aromatic nitrogens is 1. The Hall–Kier alpha value is -1.98. The first kappa shape index (κ1) is 19.8. The van der Waals surface area contributed by atoms with Crippen LogP contribution in [0.2, 0.25) is 0 Å². The molecule has 0 radical (unpaired) electrons. The number of fused-ring (bicyclic) bond motifs is 1. The molecule has 1 aromatic carbocycles. The van der Waals surface area contributed by atoms with Crippen molar-refractivity contribution in [3.63, 3.8) is 0 Å². The minimum absolute atomic E-state index is 0.0489. The van der Waals surface area contributed by atoms with Gasteiger partial charge in [-0.25, -0.2) is 0 Å². The number of aryl methyl sites for hydroxylation is 2. The topological polar surface area (TPSA) is 56.7 Å². The summed E-state index contributed by atoms with van der Waals surface area (Å²) in [5.41, 5.74) is 2.94. The van der Waals surface area contributed by atoms with Crippen LogP contribution in [0.3, 0.4) is 0 Å². The summed E-state index contributed by atoms with van der Waals surface area (Å²) in [6, 6.07) is 8.09. The summed E-state index contributed by atoms with van der Waals surface area (Å²) in [7, 11) is 3.95. The molecule has 1 saturated heterocycles. The van der Waals surface area contributed by atoms with E-state index in [0.717, 1.165) is 41.4 Å². The Morgan fingerprint density at radius 2 is 2.04 bits per heavy atom. The molecule has 0 aliphatic carbocycles. The van der Waals surface area contributed by atoms with Gasteiger partial charge in [-0.1, -0.05) is 13.0 Å². The van der Waals surface area contributed by atoms with Crippen molar-refractivity contribution in [1.29, 1.82) is 0 Å². The number of likely N-dealkylation sites (N-methyl/N-ethyl adjacent to an activating group) is 1. The minimum atomic E-state index is -0.718. The lowest BCUT2D eigenvalue weighted by Crippen LogP contribution is -2.41. The van der Waals surface area contributed by atoms with Crippen LogP contribution in [0.4, 0.5) is 0 Å². The molecule has 1 amide bonds. The van der Waals surface area contributed by atoms with Crippen molar-refractivity contribution in [2.45, 2.75) is 45.1 Å². The Bertz CT molecular complexity index is 834. The molecule has 27 heavy (non-hydrogen) atoms. The first-order chi connectivity index (χ1) is 12.8. The number of hydrogen-bond donors (Lipinski definition) is 1. The number of carbonyl (C=O) groups is 1. The van der Waals surface area contributed by atoms with Gasteiger partial charge < -0.3 is 14.9 Å². The van der Waals surface area contributed by atoms with Crippen LogP contribution in [0.15, 0.2) is 24.3 Å². The van der Waals surface area contributed by atoms with Crippen molar-refractivity contribution in [2.24, 2.45) is 0 Å². The highest BCUT2D eigenvalue weighted by molar-refractivity contribution is 6.06. The van der Waals surface area contributed by atoms with Crippen molar-refractivity contribution < 1.29 is 9.90 Å². The third-order valence-corrected chi connectivity index (χ3v) is 5.45. The summed E-state index contributed by atoms with van der Waals surface area (Å²) in [6.45, 7) is 5.95. The van der Waals surface area contributed by atoms with E-state index in [2.05, 4.69) is 24.0 Å². The number of benzene rings is 1. The number of likely N-dealkylation sites (tertiary alicyclic amines) is 1. The molecular weight excluding hydrogens is 338 g/mol. The highest BCUT2D eigenvalue weighted by Crippen LogP contribution is 2.26. The summed E-state index contributed by atoms with van der Waals surface area (Å²) in [5.74, 6) is 0.0489. The molecule has 1 atom stereocenters. The number of rotatable bonds is 4. The van der Waals surface area contributed by atoms with Crippen LogP contribution in [0.1, 0.15) is 47.8 Å². The van der Waals surface area contributed by atoms with Gasteiger partial charge in [0, 0.05) is 30.7 Å². The molecule has 1 aliphatic heterocycles. The zero-order valence-electron chi connectivity index (χ0n) is 17.0. The molecular formula is C22H31N3O2.